The van der Waals surface area contributed by atoms with Gasteiger partial charge in [0.1, 0.15) is 10.9 Å². The van der Waals surface area contributed by atoms with E-state index in [1.807, 2.05) is 42.7 Å². The molecule has 26 heavy (non-hydrogen) atoms. The molecule has 4 nitrogen and oxygen atoms in total. The second-order valence-electron chi connectivity index (χ2n) is 5.49. The highest BCUT2D eigenvalue weighted by Gasteiger charge is 2.21. The van der Waals surface area contributed by atoms with Gasteiger partial charge in [-0.15, -0.1) is 11.8 Å². The quantitative estimate of drug-likeness (QED) is 0.511. The van der Waals surface area contributed by atoms with E-state index in [1.165, 1.54) is 0 Å². The van der Waals surface area contributed by atoms with Crippen LogP contribution in [0.4, 0.5) is 0 Å². The number of aromatic nitrogens is 1. The Kier molecular flexibility index (Phi) is 5.96. The number of nitrogens with zero attached hydrogens (tertiary/aromatic N) is 1. The van der Waals surface area contributed by atoms with Gasteiger partial charge >= 0.3 is 5.97 Å². The zero-order valence-electron chi connectivity index (χ0n) is 14.1. The van der Waals surface area contributed by atoms with E-state index in [-0.39, 0.29) is 0 Å². The van der Waals surface area contributed by atoms with Crippen molar-refractivity contribution in [2.24, 2.45) is 0 Å². The van der Waals surface area contributed by atoms with E-state index in [0.717, 1.165) is 27.8 Å². The molecule has 0 aliphatic carbocycles. The predicted octanol–water partition coefficient (Wildman–Crippen LogP) is 5.95. The molecule has 1 aromatic heterocycles. The van der Waals surface area contributed by atoms with Crippen molar-refractivity contribution in [1.82, 2.24) is 4.98 Å². The normalized spacial score (nSPS) is 12.1. The van der Waals surface area contributed by atoms with Gasteiger partial charge in [-0.3, -0.25) is 4.79 Å². The molecule has 0 aliphatic heterocycles. The summed E-state index contributed by atoms with van der Waals surface area (Å²) in [7, 11) is 0. The van der Waals surface area contributed by atoms with E-state index in [1.54, 1.807) is 30.8 Å². The summed E-state index contributed by atoms with van der Waals surface area (Å²) in [5.74, 6) is -0.299. The van der Waals surface area contributed by atoms with Crippen LogP contribution < -0.4 is 0 Å². The van der Waals surface area contributed by atoms with Gasteiger partial charge in [0.05, 0.1) is 0 Å². The third-order valence-corrected chi connectivity index (χ3v) is 5.63. The summed E-state index contributed by atoms with van der Waals surface area (Å²) in [6.45, 7) is 1.60. The standard InChI is InChI=1S/C19H16ClNO3S2/c1-11(18(22)23)26-19-21-16(12-3-7-14(20)8-4-12)17(24-19)13-5-9-15(25-2)10-6-13/h3-11H,1-2H3,(H,22,23). The third-order valence-electron chi connectivity index (χ3n) is 3.70. The number of halogens is 1. The Bertz CT molecular complexity index is 908. The summed E-state index contributed by atoms with van der Waals surface area (Å²) < 4.78 is 5.93. The van der Waals surface area contributed by atoms with Gasteiger partial charge in [-0.25, -0.2) is 4.98 Å². The molecule has 1 N–H and O–H groups in total. The van der Waals surface area contributed by atoms with Crippen LogP contribution in [-0.2, 0) is 4.79 Å². The molecule has 3 aromatic rings. The van der Waals surface area contributed by atoms with Crippen molar-refractivity contribution >= 4 is 41.1 Å². The molecule has 0 spiro atoms. The molecule has 7 heteroatoms. The highest BCUT2D eigenvalue weighted by atomic mass is 35.5. The number of thioether (sulfide) groups is 2. The zero-order valence-corrected chi connectivity index (χ0v) is 16.5. The number of carboxylic acids is 1. The minimum atomic E-state index is -0.910. The number of rotatable bonds is 6. The molecule has 0 aliphatic rings. The summed E-state index contributed by atoms with van der Waals surface area (Å²) in [6.07, 6.45) is 2.02. The van der Waals surface area contributed by atoms with Crippen molar-refractivity contribution < 1.29 is 14.3 Å². The first kappa shape index (κ1) is 18.9. The fourth-order valence-corrected chi connectivity index (χ4v) is 3.51. The lowest BCUT2D eigenvalue weighted by Crippen LogP contribution is -2.10. The van der Waals surface area contributed by atoms with Gasteiger partial charge in [0.2, 0.25) is 0 Å². The van der Waals surface area contributed by atoms with Gasteiger partial charge in [-0.05, 0) is 37.4 Å². The Labute approximate surface area is 165 Å². The summed E-state index contributed by atoms with van der Waals surface area (Å²) in [5.41, 5.74) is 2.41. The molecule has 0 bridgehead atoms. The Hall–Kier alpha value is -1.89. The van der Waals surface area contributed by atoms with Crippen LogP contribution in [-0.4, -0.2) is 27.6 Å². The third kappa shape index (κ3) is 4.26. The SMILES string of the molecule is CSc1ccc(-c2oc(SC(C)C(=O)O)nc2-c2ccc(Cl)cc2)cc1. The molecule has 134 valence electrons. The number of benzene rings is 2. The van der Waals surface area contributed by atoms with Crippen LogP contribution in [0.1, 0.15) is 6.92 Å². The lowest BCUT2D eigenvalue weighted by atomic mass is 10.1. The van der Waals surface area contributed by atoms with E-state index < -0.39 is 11.2 Å². The number of aliphatic carboxylic acids is 1. The molecule has 0 fully saturated rings. The van der Waals surface area contributed by atoms with E-state index in [4.69, 9.17) is 21.1 Å². The number of hydrogen-bond donors (Lipinski definition) is 1. The average Bonchev–Trinajstić information content (AvgIpc) is 3.06. The minimum absolute atomic E-state index is 0.328. The van der Waals surface area contributed by atoms with Gasteiger partial charge in [-0.1, -0.05) is 47.6 Å². The summed E-state index contributed by atoms with van der Waals surface area (Å²) >= 11 is 8.72. The minimum Gasteiger partial charge on any atom is -0.480 e. The molecule has 1 atom stereocenters. The van der Waals surface area contributed by atoms with Crippen LogP contribution >= 0.6 is 35.1 Å². The number of carboxylic acid groups (broad SMARTS) is 1. The van der Waals surface area contributed by atoms with Gasteiger partial charge in [-0.2, -0.15) is 0 Å². The summed E-state index contributed by atoms with van der Waals surface area (Å²) in [5, 5.41) is 9.44. The van der Waals surface area contributed by atoms with Crippen LogP contribution in [0, 0.1) is 0 Å². The van der Waals surface area contributed by atoms with Crippen molar-refractivity contribution in [1.29, 1.82) is 0 Å². The Morgan fingerprint density at radius 1 is 1.12 bits per heavy atom. The fraction of sp³-hybridized carbons (Fsp3) is 0.158. The molecule has 0 radical (unpaired) electrons. The van der Waals surface area contributed by atoms with Crippen molar-refractivity contribution in [3.05, 3.63) is 53.6 Å². The van der Waals surface area contributed by atoms with Gasteiger partial charge in [0.15, 0.2) is 5.76 Å². The van der Waals surface area contributed by atoms with Crippen molar-refractivity contribution in [3.8, 4) is 22.6 Å². The lowest BCUT2D eigenvalue weighted by Gasteiger charge is -2.03. The Morgan fingerprint density at radius 2 is 1.73 bits per heavy atom. The highest BCUT2D eigenvalue weighted by molar-refractivity contribution is 8.00. The maximum absolute atomic E-state index is 11.1. The van der Waals surface area contributed by atoms with Crippen LogP contribution in [0.5, 0.6) is 0 Å². The molecule has 0 saturated heterocycles. The lowest BCUT2D eigenvalue weighted by molar-refractivity contribution is -0.136. The van der Waals surface area contributed by atoms with Crippen molar-refractivity contribution in [2.45, 2.75) is 22.3 Å². The molecular formula is C19H16ClNO3S2. The smallest absolute Gasteiger partial charge is 0.316 e. The summed E-state index contributed by atoms with van der Waals surface area (Å²) in [6, 6.07) is 15.3. The van der Waals surface area contributed by atoms with Crippen molar-refractivity contribution in [2.75, 3.05) is 6.26 Å². The molecule has 3 rings (SSSR count). The van der Waals surface area contributed by atoms with E-state index >= 15 is 0 Å². The number of carbonyl (C=O) groups is 1. The largest absolute Gasteiger partial charge is 0.480 e. The topological polar surface area (TPSA) is 63.3 Å². The number of hydrogen-bond acceptors (Lipinski definition) is 5. The van der Waals surface area contributed by atoms with Crippen LogP contribution in [0.2, 0.25) is 5.02 Å². The molecule has 1 heterocycles. The first-order valence-corrected chi connectivity index (χ1v) is 10.3. The zero-order chi connectivity index (χ0) is 18.7. The molecule has 0 saturated carbocycles. The predicted molar refractivity (Wildman–Crippen MR) is 107 cm³/mol. The maximum Gasteiger partial charge on any atom is 0.316 e. The average molecular weight is 406 g/mol. The first-order chi connectivity index (χ1) is 12.5. The van der Waals surface area contributed by atoms with E-state index in [2.05, 4.69) is 4.98 Å². The van der Waals surface area contributed by atoms with E-state index in [0.29, 0.717) is 21.7 Å². The van der Waals surface area contributed by atoms with Crippen LogP contribution in [0.15, 0.2) is 63.1 Å². The second-order valence-corrected chi connectivity index (χ2v) is 8.10. The second kappa shape index (κ2) is 8.20. The highest BCUT2D eigenvalue weighted by Crippen LogP contribution is 2.37. The molecule has 0 amide bonds. The first-order valence-electron chi connectivity index (χ1n) is 7.78. The van der Waals surface area contributed by atoms with Gasteiger partial charge < -0.3 is 9.52 Å². The van der Waals surface area contributed by atoms with Crippen molar-refractivity contribution in [3.63, 3.8) is 0 Å². The van der Waals surface area contributed by atoms with Gasteiger partial charge in [0.25, 0.3) is 5.22 Å². The van der Waals surface area contributed by atoms with Crippen LogP contribution in [0.3, 0.4) is 0 Å². The fourth-order valence-electron chi connectivity index (χ4n) is 2.29. The molecule has 2 aromatic carbocycles. The molecule has 1 unspecified atom stereocenters. The maximum atomic E-state index is 11.1. The summed E-state index contributed by atoms with van der Waals surface area (Å²) in [4.78, 5) is 16.8. The Morgan fingerprint density at radius 3 is 2.31 bits per heavy atom. The Balaban J connectivity index is 2.05. The van der Waals surface area contributed by atoms with E-state index in [9.17, 15) is 4.79 Å². The molecular weight excluding hydrogens is 390 g/mol. The number of oxazole rings is 1. The van der Waals surface area contributed by atoms with Gasteiger partial charge in [0, 0.05) is 21.0 Å². The van der Waals surface area contributed by atoms with Crippen LogP contribution in [0.25, 0.3) is 22.6 Å². The monoisotopic (exact) mass is 405 g/mol.